The fraction of sp³-hybridized carbons (Fsp3) is 0.300. The molecule has 3 nitrogen and oxygen atoms in total. The zero-order valence-corrected chi connectivity index (χ0v) is 7.70. The number of rotatable bonds is 2. The number of benzene rings is 1. The lowest BCUT2D eigenvalue weighted by Crippen LogP contribution is -2.06. The second-order valence-corrected chi connectivity index (χ2v) is 2.72. The van der Waals surface area contributed by atoms with Gasteiger partial charge in [-0.3, -0.25) is 0 Å². The number of phenols is 1. The summed E-state index contributed by atoms with van der Waals surface area (Å²) in [7, 11) is 0. The maximum absolute atomic E-state index is 11.3. The number of aromatic hydroxyl groups is 1. The molecule has 0 aliphatic heterocycles. The van der Waals surface area contributed by atoms with Gasteiger partial charge in [-0.25, -0.2) is 4.79 Å². The van der Waals surface area contributed by atoms with Crippen LogP contribution in [0.2, 0.25) is 0 Å². The number of carbonyl (C=O) groups excluding carboxylic acids is 1. The third-order valence-corrected chi connectivity index (χ3v) is 1.72. The van der Waals surface area contributed by atoms with Crippen molar-refractivity contribution in [2.45, 2.75) is 13.8 Å². The van der Waals surface area contributed by atoms with Crippen molar-refractivity contribution in [2.24, 2.45) is 0 Å². The van der Waals surface area contributed by atoms with Gasteiger partial charge in [0, 0.05) is 0 Å². The molecule has 0 atom stereocenters. The molecule has 0 aliphatic carbocycles. The van der Waals surface area contributed by atoms with Crippen LogP contribution in [-0.4, -0.2) is 17.7 Å². The van der Waals surface area contributed by atoms with Gasteiger partial charge in [-0.15, -0.1) is 0 Å². The number of ether oxygens (including phenoxy) is 1. The predicted octanol–water partition coefficient (Wildman–Crippen LogP) is 1.88. The Morgan fingerprint density at radius 2 is 2.23 bits per heavy atom. The molecule has 1 rings (SSSR count). The van der Waals surface area contributed by atoms with E-state index < -0.39 is 5.97 Å². The fourth-order valence-electron chi connectivity index (χ4n) is 1.04. The van der Waals surface area contributed by atoms with E-state index in [4.69, 9.17) is 9.84 Å². The minimum absolute atomic E-state index is 0.0775. The van der Waals surface area contributed by atoms with Crippen molar-refractivity contribution in [3.05, 3.63) is 29.3 Å². The van der Waals surface area contributed by atoms with E-state index in [1.807, 2.05) is 0 Å². The van der Waals surface area contributed by atoms with E-state index in [1.54, 1.807) is 19.9 Å². The lowest BCUT2D eigenvalue weighted by atomic mass is 10.1. The molecule has 0 fully saturated rings. The van der Waals surface area contributed by atoms with Gasteiger partial charge >= 0.3 is 5.97 Å². The van der Waals surface area contributed by atoms with Gasteiger partial charge in [-0.05, 0) is 31.5 Å². The summed E-state index contributed by atoms with van der Waals surface area (Å²) in [5.41, 5.74) is 1.22. The van der Waals surface area contributed by atoms with Crippen molar-refractivity contribution in [1.82, 2.24) is 0 Å². The second kappa shape index (κ2) is 3.94. The molecule has 0 amide bonds. The normalized spacial score (nSPS) is 9.69. The van der Waals surface area contributed by atoms with Crippen LogP contribution in [0.15, 0.2) is 18.2 Å². The van der Waals surface area contributed by atoms with Gasteiger partial charge in [0.05, 0.1) is 12.2 Å². The summed E-state index contributed by atoms with van der Waals surface area (Å²) < 4.78 is 4.81. The van der Waals surface area contributed by atoms with E-state index >= 15 is 0 Å². The van der Waals surface area contributed by atoms with E-state index in [9.17, 15) is 4.79 Å². The predicted molar refractivity (Wildman–Crippen MR) is 48.8 cm³/mol. The number of carbonyl (C=O) groups is 1. The van der Waals surface area contributed by atoms with Crippen LogP contribution in [0.5, 0.6) is 5.75 Å². The smallest absolute Gasteiger partial charge is 0.338 e. The molecule has 0 heterocycles. The van der Waals surface area contributed by atoms with Gasteiger partial charge in [0.1, 0.15) is 5.75 Å². The highest BCUT2D eigenvalue weighted by Crippen LogP contribution is 2.16. The molecule has 0 saturated heterocycles. The highest BCUT2D eigenvalue weighted by Gasteiger charge is 2.09. The molecule has 0 radical (unpaired) electrons. The van der Waals surface area contributed by atoms with E-state index in [0.29, 0.717) is 12.2 Å². The van der Waals surface area contributed by atoms with Crippen LogP contribution in [0.4, 0.5) is 0 Å². The minimum Gasteiger partial charge on any atom is -0.508 e. The molecule has 0 saturated carbocycles. The zero-order chi connectivity index (χ0) is 9.84. The summed E-state index contributed by atoms with van der Waals surface area (Å²) in [6.45, 7) is 3.88. The van der Waals surface area contributed by atoms with Gasteiger partial charge in [-0.1, -0.05) is 6.07 Å². The topological polar surface area (TPSA) is 46.5 Å². The highest BCUT2D eigenvalue weighted by molar-refractivity contribution is 5.91. The van der Waals surface area contributed by atoms with Crippen LogP contribution in [0.1, 0.15) is 22.8 Å². The van der Waals surface area contributed by atoms with Crippen LogP contribution >= 0.6 is 0 Å². The summed E-state index contributed by atoms with van der Waals surface area (Å²) in [6, 6.07) is 4.63. The zero-order valence-electron chi connectivity index (χ0n) is 7.70. The van der Waals surface area contributed by atoms with Crippen molar-refractivity contribution in [3.63, 3.8) is 0 Å². The average Bonchev–Trinajstić information content (AvgIpc) is 2.09. The average molecular weight is 180 g/mol. The summed E-state index contributed by atoms with van der Waals surface area (Å²) in [6.07, 6.45) is 0. The Hall–Kier alpha value is -1.51. The molecule has 3 heteroatoms. The maximum atomic E-state index is 11.3. The van der Waals surface area contributed by atoms with Gasteiger partial charge in [-0.2, -0.15) is 0 Å². The third kappa shape index (κ3) is 2.21. The van der Waals surface area contributed by atoms with E-state index in [2.05, 4.69) is 0 Å². The Bertz CT molecular complexity index is 318. The van der Waals surface area contributed by atoms with Crippen LogP contribution in [-0.2, 0) is 4.74 Å². The van der Waals surface area contributed by atoms with E-state index in [0.717, 1.165) is 5.56 Å². The van der Waals surface area contributed by atoms with E-state index in [1.165, 1.54) is 12.1 Å². The minimum atomic E-state index is -0.393. The maximum Gasteiger partial charge on any atom is 0.338 e. The molecule has 1 aromatic carbocycles. The first kappa shape index (κ1) is 9.58. The molecule has 0 unspecified atom stereocenters. The molecular weight excluding hydrogens is 168 g/mol. The second-order valence-electron chi connectivity index (χ2n) is 2.72. The van der Waals surface area contributed by atoms with Crippen LogP contribution < -0.4 is 0 Å². The number of aryl methyl sites for hydroxylation is 1. The number of esters is 1. The molecule has 1 N–H and O–H groups in total. The third-order valence-electron chi connectivity index (χ3n) is 1.72. The summed E-state index contributed by atoms with van der Waals surface area (Å²) >= 11 is 0. The van der Waals surface area contributed by atoms with Crippen molar-refractivity contribution in [3.8, 4) is 5.75 Å². The van der Waals surface area contributed by atoms with Crippen molar-refractivity contribution in [2.75, 3.05) is 6.61 Å². The quantitative estimate of drug-likeness (QED) is 0.707. The van der Waals surface area contributed by atoms with Crippen LogP contribution in [0, 0.1) is 6.92 Å². The first-order chi connectivity index (χ1) is 6.15. The molecule has 0 aromatic heterocycles. The standard InChI is InChI=1S/C10H12O3/c1-3-13-10(12)9-6-8(11)5-4-7(9)2/h4-6,11H,3H2,1-2H3. The fourth-order valence-corrected chi connectivity index (χ4v) is 1.04. The lowest BCUT2D eigenvalue weighted by molar-refractivity contribution is 0.0525. The number of phenolic OH excluding ortho intramolecular Hbond substituents is 1. The Morgan fingerprint density at radius 3 is 2.85 bits per heavy atom. The molecule has 1 aromatic rings. The SMILES string of the molecule is CCOC(=O)c1cc(O)ccc1C. The Morgan fingerprint density at radius 1 is 1.54 bits per heavy atom. The monoisotopic (exact) mass is 180 g/mol. The van der Waals surface area contributed by atoms with Gasteiger partial charge < -0.3 is 9.84 Å². The van der Waals surface area contributed by atoms with Crippen LogP contribution in [0.25, 0.3) is 0 Å². The summed E-state index contributed by atoms with van der Waals surface area (Å²) in [4.78, 5) is 11.3. The first-order valence-electron chi connectivity index (χ1n) is 4.12. The van der Waals surface area contributed by atoms with Crippen molar-refractivity contribution >= 4 is 5.97 Å². The largest absolute Gasteiger partial charge is 0.508 e. The molecule has 13 heavy (non-hydrogen) atoms. The number of hydrogen-bond donors (Lipinski definition) is 1. The first-order valence-corrected chi connectivity index (χ1v) is 4.12. The molecule has 0 bridgehead atoms. The lowest BCUT2D eigenvalue weighted by Gasteiger charge is -2.04. The van der Waals surface area contributed by atoms with Crippen molar-refractivity contribution in [1.29, 1.82) is 0 Å². The van der Waals surface area contributed by atoms with Gasteiger partial charge in [0.25, 0.3) is 0 Å². The highest BCUT2D eigenvalue weighted by atomic mass is 16.5. The molecule has 0 aliphatic rings. The van der Waals surface area contributed by atoms with E-state index in [-0.39, 0.29) is 5.75 Å². The molecule has 70 valence electrons. The number of hydrogen-bond acceptors (Lipinski definition) is 3. The van der Waals surface area contributed by atoms with Crippen LogP contribution in [0.3, 0.4) is 0 Å². The van der Waals surface area contributed by atoms with Gasteiger partial charge in [0.2, 0.25) is 0 Å². The summed E-state index contributed by atoms with van der Waals surface area (Å²) in [5.74, 6) is -0.315. The summed E-state index contributed by atoms with van der Waals surface area (Å²) in [5, 5.41) is 9.15. The Balaban J connectivity index is 2.99. The Labute approximate surface area is 77.0 Å². The molecular formula is C10H12O3. The van der Waals surface area contributed by atoms with Crippen molar-refractivity contribution < 1.29 is 14.6 Å². The Kier molecular flexibility index (Phi) is 2.90. The molecule has 0 spiro atoms. The van der Waals surface area contributed by atoms with Gasteiger partial charge in [0.15, 0.2) is 0 Å².